The molecule has 1 aliphatic heterocycles. The number of rotatable bonds is 3. The van der Waals surface area contributed by atoms with E-state index in [1.165, 1.54) is 4.31 Å². The van der Waals surface area contributed by atoms with Gasteiger partial charge in [0.15, 0.2) is 0 Å². The first-order valence-electron chi connectivity index (χ1n) is 7.04. The summed E-state index contributed by atoms with van der Waals surface area (Å²) in [4.78, 5) is 0.327. The van der Waals surface area contributed by atoms with Gasteiger partial charge in [0.1, 0.15) is 0 Å². The van der Waals surface area contributed by atoms with E-state index in [0.29, 0.717) is 18.0 Å². The molecular weight excluding hydrogens is 362 g/mol. The van der Waals surface area contributed by atoms with Crippen molar-refractivity contribution in [1.82, 2.24) is 4.31 Å². The zero-order valence-electron chi connectivity index (χ0n) is 11.9. The predicted molar refractivity (Wildman–Crippen MR) is 92.3 cm³/mol. The highest BCUT2D eigenvalue weighted by Gasteiger charge is 2.30. The molecule has 0 amide bonds. The van der Waals surface area contributed by atoms with Crippen LogP contribution in [-0.2, 0) is 10.0 Å². The summed E-state index contributed by atoms with van der Waals surface area (Å²) in [6, 6.07) is 18.6. The second-order valence-corrected chi connectivity index (χ2v) is 8.17. The fourth-order valence-electron chi connectivity index (χ4n) is 2.55. The van der Waals surface area contributed by atoms with E-state index in [1.807, 2.05) is 42.5 Å². The van der Waals surface area contributed by atoms with Crippen molar-refractivity contribution < 1.29 is 8.42 Å². The Hall–Kier alpha value is -1.43. The third-order valence-corrected chi connectivity index (χ3v) is 6.33. The van der Waals surface area contributed by atoms with Crippen LogP contribution < -0.4 is 0 Å². The van der Waals surface area contributed by atoms with E-state index in [-0.39, 0.29) is 4.83 Å². The van der Waals surface area contributed by atoms with Gasteiger partial charge in [-0.15, -0.1) is 0 Å². The Labute approximate surface area is 139 Å². The highest BCUT2D eigenvalue weighted by atomic mass is 79.9. The van der Waals surface area contributed by atoms with Crippen LogP contribution in [0.25, 0.3) is 5.57 Å². The molecule has 1 heterocycles. The highest BCUT2D eigenvalue weighted by Crippen LogP contribution is 2.30. The number of hydrogen-bond acceptors (Lipinski definition) is 2. The summed E-state index contributed by atoms with van der Waals surface area (Å²) >= 11 is 3.62. The first-order valence-corrected chi connectivity index (χ1v) is 9.39. The molecule has 5 heteroatoms. The lowest BCUT2D eigenvalue weighted by molar-refractivity contribution is 0.446. The fraction of sp³-hybridized carbons (Fsp3) is 0.176. The lowest BCUT2D eigenvalue weighted by atomic mass is 10.0. The number of benzene rings is 2. The summed E-state index contributed by atoms with van der Waals surface area (Å²) in [5.74, 6) is 0. The third kappa shape index (κ3) is 3.02. The SMILES string of the molecule is O=S(=O)(c1ccccc1)N1CC=C(c2ccccc2)C(Br)C1. The Kier molecular flexibility index (Phi) is 4.47. The molecule has 0 saturated carbocycles. The highest BCUT2D eigenvalue weighted by molar-refractivity contribution is 9.09. The van der Waals surface area contributed by atoms with Gasteiger partial charge in [-0.1, -0.05) is 70.5 Å². The van der Waals surface area contributed by atoms with Gasteiger partial charge in [-0.25, -0.2) is 8.42 Å². The monoisotopic (exact) mass is 377 g/mol. The molecular formula is C17H16BrNO2S. The lowest BCUT2D eigenvalue weighted by Crippen LogP contribution is -2.39. The molecule has 2 aromatic rings. The molecule has 0 saturated heterocycles. The summed E-state index contributed by atoms with van der Waals surface area (Å²) in [6.07, 6.45) is 1.98. The largest absolute Gasteiger partial charge is 0.243 e. The summed E-state index contributed by atoms with van der Waals surface area (Å²) in [5.41, 5.74) is 2.27. The Balaban J connectivity index is 1.87. The molecule has 0 aromatic heterocycles. The van der Waals surface area contributed by atoms with Crippen LogP contribution in [0.15, 0.2) is 71.6 Å². The van der Waals surface area contributed by atoms with Crippen molar-refractivity contribution in [3.05, 3.63) is 72.3 Å². The Bertz CT molecular complexity index is 773. The van der Waals surface area contributed by atoms with Gasteiger partial charge in [0.2, 0.25) is 10.0 Å². The van der Waals surface area contributed by atoms with E-state index in [9.17, 15) is 8.42 Å². The van der Waals surface area contributed by atoms with E-state index in [4.69, 9.17) is 0 Å². The number of hydrogen-bond donors (Lipinski definition) is 0. The number of halogens is 1. The molecule has 0 N–H and O–H groups in total. The van der Waals surface area contributed by atoms with E-state index in [0.717, 1.165) is 11.1 Å². The molecule has 2 aromatic carbocycles. The van der Waals surface area contributed by atoms with Crippen LogP contribution in [0.5, 0.6) is 0 Å². The zero-order chi connectivity index (χ0) is 15.6. The molecule has 0 spiro atoms. The number of nitrogens with zero attached hydrogens (tertiary/aromatic N) is 1. The maximum Gasteiger partial charge on any atom is 0.243 e. The predicted octanol–water partition coefficient (Wildman–Crippen LogP) is 3.54. The van der Waals surface area contributed by atoms with Crippen molar-refractivity contribution in [2.45, 2.75) is 9.72 Å². The van der Waals surface area contributed by atoms with E-state index >= 15 is 0 Å². The second kappa shape index (κ2) is 6.36. The zero-order valence-corrected chi connectivity index (χ0v) is 14.3. The second-order valence-electron chi connectivity index (χ2n) is 5.13. The normalized spacial score (nSPS) is 19.7. The van der Waals surface area contributed by atoms with Crippen LogP contribution in [0.3, 0.4) is 0 Å². The van der Waals surface area contributed by atoms with Crippen LogP contribution in [0, 0.1) is 0 Å². The summed E-state index contributed by atoms with van der Waals surface area (Å²) < 4.78 is 26.8. The molecule has 0 radical (unpaired) electrons. The lowest BCUT2D eigenvalue weighted by Gasteiger charge is -2.29. The van der Waals surface area contributed by atoms with Crippen molar-refractivity contribution in [3.63, 3.8) is 0 Å². The molecule has 0 bridgehead atoms. The standard InChI is InChI=1S/C17H16BrNO2S/c18-17-13-19(22(20,21)15-9-5-2-6-10-15)12-11-16(17)14-7-3-1-4-8-14/h1-11,17H,12-13H2. The first kappa shape index (κ1) is 15.5. The van der Waals surface area contributed by atoms with Crippen LogP contribution in [0.2, 0.25) is 0 Å². The smallest absolute Gasteiger partial charge is 0.207 e. The molecule has 1 unspecified atom stereocenters. The van der Waals surface area contributed by atoms with Crippen molar-refractivity contribution in [1.29, 1.82) is 0 Å². The van der Waals surface area contributed by atoms with Gasteiger partial charge in [-0.05, 0) is 23.3 Å². The Morgan fingerprint density at radius 1 is 0.955 bits per heavy atom. The van der Waals surface area contributed by atoms with Crippen LogP contribution in [0.1, 0.15) is 5.56 Å². The maximum absolute atomic E-state index is 12.7. The fourth-order valence-corrected chi connectivity index (χ4v) is 4.95. The molecule has 3 rings (SSSR count). The van der Waals surface area contributed by atoms with E-state index in [2.05, 4.69) is 15.9 Å². The number of alkyl halides is 1. The van der Waals surface area contributed by atoms with Crippen molar-refractivity contribution in [2.75, 3.05) is 13.1 Å². The van der Waals surface area contributed by atoms with Gasteiger partial charge < -0.3 is 0 Å². The molecule has 22 heavy (non-hydrogen) atoms. The summed E-state index contributed by atoms with van der Waals surface area (Å²) in [7, 11) is -3.44. The Morgan fingerprint density at radius 3 is 2.14 bits per heavy atom. The summed E-state index contributed by atoms with van der Waals surface area (Å²) in [6.45, 7) is 0.821. The van der Waals surface area contributed by atoms with Crippen molar-refractivity contribution in [2.24, 2.45) is 0 Å². The van der Waals surface area contributed by atoms with Gasteiger partial charge in [0, 0.05) is 13.1 Å². The third-order valence-electron chi connectivity index (χ3n) is 3.70. The van der Waals surface area contributed by atoms with Crippen LogP contribution in [-0.4, -0.2) is 30.6 Å². The molecule has 114 valence electrons. The topological polar surface area (TPSA) is 37.4 Å². The van der Waals surface area contributed by atoms with Crippen LogP contribution >= 0.6 is 15.9 Å². The van der Waals surface area contributed by atoms with Crippen LogP contribution in [0.4, 0.5) is 0 Å². The quantitative estimate of drug-likeness (QED) is 0.767. The van der Waals surface area contributed by atoms with Gasteiger partial charge in [0.05, 0.1) is 9.72 Å². The van der Waals surface area contributed by atoms with Gasteiger partial charge >= 0.3 is 0 Å². The van der Waals surface area contributed by atoms with E-state index in [1.54, 1.807) is 24.3 Å². The minimum absolute atomic E-state index is 0.0119. The average Bonchev–Trinajstić information content (AvgIpc) is 2.56. The van der Waals surface area contributed by atoms with Gasteiger partial charge in [-0.3, -0.25) is 0 Å². The number of sulfonamides is 1. The minimum atomic E-state index is -3.44. The minimum Gasteiger partial charge on any atom is -0.207 e. The first-order chi connectivity index (χ1) is 10.6. The van der Waals surface area contributed by atoms with Gasteiger partial charge in [-0.2, -0.15) is 4.31 Å². The molecule has 0 aliphatic carbocycles. The average molecular weight is 378 g/mol. The summed E-state index contributed by atoms with van der Waals surface area (Å²) in [5, 5.41) is 0. The molecule has 3 nitrogen and oxygen atoms in total. The van der Waals surface area contributed by atoms with Gasteiger partial charge in [0.25, 0.3) is 0 Å². The van der Waals surface area contributed by atoms with E-state index < -0.39 is 10.0 Å². The van der Waals surface area contributed by atoms with Crippen molar-refractivity contribution in [3.8, 4) is 0 Å². The maximum atomic E-state index is 12.7. The molecule has 1 atom stereocenters. The molecule has 1 aliphatic rings. The Morgan fingerprint density at radius 2 is 1.55 bits per heavy atom. The molecule has 0 fully saturated rings. The van der Waals surface area contributed by atoms with Crippen molar-refractivity contribution >= 4 is 31.5 Å².